The summed E-state index contributed by atoms with van der Waals surface area (Å²) in [5.74, 6) is 0.00590. The van der Waals surface area contributed by atoms with Gasteiger partial charge < -0.3 is 9.97 Å². The second-order valence-corrected chi connectivity index (χ2v) is 7.61. The van der Waals surface area contributed by atoms with Gasteiger partial charge in [0.05, 0.1) is 10.6 Å². The predicted octanol–water partition coefficient (Wildman–Crippen LogP) is 3.83. The highest BCUT2D eigenvalue weighted by Gasteiger charge is 2.21. The largest absolute Gasteiger partial charge is 0.360 e. The standard InChI is InChI=1S/C17H13N3O2S2/c1-9(14(21)12-8-18-13-5-3-2-4-10(12)13)24-17-19-15(22)11-6-7-23-16(11)20-17/h2-9,18H,1H3,(H,19,20,22)/t9-/m1/s1. The van der Waals surface area contributed by atoms with Crippen LogP contribution in [0.25, 0.3) is 21.1 Å². The lowest BCUT2D eigenvalue weighted by Gasteiger charge is -2.08. The third-order valence-corrected chi connectivity index (χ3v) is 5.62. The van der Waals surface area contributed by atoms with Crippen LogP contribution in [0.3, 0.4) is 0 Å². The lowest BCUT2D eigenvalue weighted by atomic mass is 10.1. The molecule has 0 aliphatic rings. The second kappa shape index (κ2) is 5.92. The van der Waals surface area contributed by atoms with Gasteiger partial charge in [-0.3, -0.25) is 9.59 Å². The molecule has 0 aliphatic carbocycles. The van der Waals surface area contributed by atoms with E-state index in [1.807, 2.05) is 36.6 Å². The number of hydrogen-bond acceptors (Lipinski definition) is 5. The van der Waals surface area contributed by atoms with Gasteiger partial charge in [0.15, 0.2) is 10.9 Å². The van der Waals surface area contributed by atoms with Gasteiger partial charge in [-0.25, -0.2) is 4.98 Å². The normalized spacial score (nSPS) is 12.7. The van der Waals surface area contributed by atoms with Crippen LogP contribution in [0.4, 0.5) is 0 Å². The number of hydrogen-bond donors (Lipinski definition) is 2. The smallest absolute Gasteiger partial charge is 0.260 e. The van der Waals surface area contributed by atoms with Crippen molar-refractivity contribution in [3.63, 3.8) is 0 Å². The predicted molar refractivity (Wildman–Crippen MR) is 98.2 cm³/mol. The molecule has 1 aromatic carbocycles. The van der Waals surface area contributed by atoms with Gasteiger partial charge in [-0.1, -0.05) is 30.0 Å². The Morgan fingerprint density at radius 3 is 2.96 bits per heavy atom. The second-order valence-electron chi connectivity index (χ2n) is 5.38. The zero-order valence-corrected chi connectivity index (χ0v) is 14.3. The van der Waals surface area contributed by atoms with E-state index in [0.717, 1.165) is 10.9 Å². The van der Waals surface area contributed by atoms with Crippen molar-refractivity contribution >= 4 is 50.0 Å². The first-order chi connectivity index (χ1) is 11.6. The highest BCUT2D eigenvalue weighted by molar-refractivity contribution is 8.00. The summed E-state index contributed by atoms with van der Waals surface area (Å²) in [7, 11) is 0. The summed E-state index contributed by atoms with van der Waals surface area (Å²) in [6.07, 6.45) is 1.74. The average molecular weight is 355 g/mol. The average Bonchev–Trinajstić information content (AvgIpc) is 3.20. The molecule has 2 N–H and O–H groups in total. The Kier molecular flexibility index (Phi) is 3.74. The molecule has 0 radical (unpaired) electrons. The van der Waals surface area contributed by atoms with Crippen LogP contribution < -0.4 is 5.56 Å². The van der Waals surface area contributed by atoms with Gasteiger partial charge in [-0.05, 0) is 24.4 Å². The Labute approximate surface area is 145 Å². The molecule has 0 unspecified atom stereocenters. The summed E-state index contributed by atoms with van der Waals surface area (Å²) in [6.45, 7) is 1.83. The first kappa shape index (κ1) is 15.2. The van der Waals surface area contributed by atoms with Crippen molar-refractivity contribution in [2.24, 2.45) is 0 Å². The number of aromatic amines is 2. The zero-order chi connectivity index (χ0) is 16.7. The van der Waals surface area contributed by atoms with Gasteiger partial charge in [0, 0.05) is 22.7 Å². The van der Waals surface area contributed by atoms with Crippen LogP contribution in [0, 0.1) is 0 Å². The molecule has 1 atom stereocenters. The minimum Gasteiger partial charge on any atom is -0.360 e. The number of nitrogens with zero attached hydrogens (tertiary/aromatic N) is 1. The maximum Gasteiger partial charge on any atom is 0.260 e. The van der Waals surface area contributed by atoms with Gasteiger partial charge in [-0.2, -0.15) is 0 Å². The van der Waals surface area contributed by atoms with Crippen LogP contribution in [0.5, 0.6) is 0 Å². The quantitative estimate of drug-likeness (QED) is 0.331. The zero-order valence-electron chi connectivity index (χ0n) is 12.7. The molecule has 24 heavy (non-hydrogen) atoms. The number of ketones is 1. The van der Waals surface area contributed by atoms with Crippen LogP contribution in [-0.2, 0) is 0 Å². The number of benzene rings is 1. The fourth-order valence-electron chi connectivity index (χ4n) is 2.62. The number of H-pyrrole nitrogens is 2. The molecule has 3 heterocycles. The van der Waals surface area contributed by atoms with E-state index in [4.69, 9.17) is 0 Å². The molecular weight excluding hydrogens is 342 g/mol. The SMILES string of the molecule is C[C@@H](Sc1nc2sccc2c(=O)[nH]1)C(=O)c1c[nH]c2ccccc12. The van der Waals surface area contributed by atoms with Crippen LogP contribution >= 0.6 is 23.1 Å². The third-order valence-electron chi connectivity index (χ3n) is 3.83. The summed E-state index contributed by atoms with van der Waals surface area (Å²) in [6, 6.07) is 9.45. The van der Waals surface area contributed by atoms with E-state index >= 15 is 0 Å². The molecule has 0 amide bonds. The molecular formula is C17H13N3O2S2. The van der Waals surface area contributed by atoms with Crippen LogP contribution in [-0.4, -0.2) is 26.0 Å². The molecule has 7 heteroatoms. The fourth-order valence-corrected chi connectivity index (χ4v) is 4.30. The fraction of sp³-hybridized carbons (Fsp3) is 0.118. The van der Waals surface area contributed by atoms with E-state index in [-0.39, 0.29) is 16.6 Å². The van der Waals surface area contributed by atoms with E-state index in [9.17, 15) is 9.59 Å². The molecule has 0 fully saturated rings. The summed E-state index contributed by atoms with van der Waals surface area (Å²) < 4.78 is 0. The van der Waals surface area contributed by atoms with Gasteiger partial charge in [0.1, 0.15) is 4.83 Å². The highest BCUT2D eigenvalue weighted by Crippen LogP contribution is 2.27. The van der Waals surface area contributed by atoms with Crippen molar-refractivity contribution in [1.29, 1.82) is 0 Å². The van der Waals surface area contributed by atoms with Gasteiger partial charge in [-0.15, -0.1) is 11.3 Å². The molecule has 0 bridgehead atoms. The van der Waals surface area contributed by atoms with Crippen molar-refractivity contribution in [3.05, 3.63) is 57.8 Å². The monoisotopic (exact) mass is 355 g/mol. The summed E-state index contributed by atoms with van der Waals surface area (Å²) in [4.78, 5) is 35.8. The Morgan fingerprint density at radius 2 is 2.08 bits per heavy atom. The molecule has 5 nitrogen and oxygen atoms in total. The van der Waals surface area contributed by atoms with E-state index in [0.29, 0.717) is 20.9 Å². The van der Waals surface area contributed by atoms with Gasteiger partial charge in [0.2, 0.25) is 0 Å². The Bertz CT molecular complexity index is 1110. The van der Waals surface area contributed by atoms with Crippen LogP contribution in [0.2, 0.25) is 0 Å². The maximum absolute atomic E-state index is 12.8. The molecule has 0 saturated carbocycles. The molecule has 3 aromatic heterocycles. The molecule has 0 aliphatic heterocycles. The minimum absolute atomic E-state index is 0.00590. The summed E-state index contributed by atoms with van der Waals surface area (Å²) in [5, 5.41) is 3.44. The first-order valence-electron chi connectivity index (χ1n) is 7.38. The van der Waals surface area contributed by atoms with Crippen LogP contribution in [0.1, 0.15) is 17.3 Å². The van der Waals surface area contributed by atoms with Crippen molar-refractivity contribution < 1.29 is 4.79 Å². The summed E-state index contributed by atoms with van der Waals surface area (Å²) >= 11 is 2.68. The molecule has 0 saturated heterocycles. The number of carbonyl (C=O) groups is 1. The topological polar surface area (TPSA) is 78.6 Å². The maximum atomic E-state index is 12.8. The molecule has 4 aromatic rings. The lowest BCUT2D eigenvalue weighted by molar-refractivity contribution is 0.0995. The number of thiophene rings is 1. The lowest BCUT2D eigenvalue weighted by Crippen LogP contribution is -2.15. The molecule has 120 valence electrons. The Hall–Kier alpha value is -2.38. The number of rotatable bonds is 4. The Morgan fingerprint density at radius 1 is 1.25 bits per heavy atom. The first-order valence-corrected chi connectivity index (χ1v) is 9.14. The van der Waals surface area contributed by atoms with Gasteiger partial charge in [0.25, 0.3) is 5.56 Å². The van der Waals surface area contributed by atoms with E-state index < -0.39 is 0 Å². The number of aromatic nitrogens is 3. The third kappa shape index (κ3) is 2.55. The van der Waals surface area contributed by atoms with Crippen LogP contribution in [0.15, 0.2) is 51.9 Å². The number of carbonyl (C=O) groups excluding carboxylic acids is 1. The molecule has 4 rings (SSSR count). The Balaban J connectivity index is 1.64. The number of para-hydroxylation sites is 1. The number of nitrogens with one attached hydrogen (secondary N) is 2. The van der Waals surface area contributed by atoms with E-state index in [2.05, 4.69) is 15.0 Å². The van der Waals surface area contributed by atoms with E-state index in [1.54, 1.807) is 12.3 Å². The van der Waals surface area contributed by atoms with Crippen molar-refractivity contribution in [3.8, 4) is 0 Å². The highest BCUT2D eigenvalue weighted by atomic mass is 32.2. The number of fused-ring (bicyclic) bond motifs is 2. The summed E-state index contributed by atoms with van der Waals surface area (Å²) in [5.41, 5.74) is 1.42. The van der Waals surface area contributed by atoms with Crippen molar-refractivity contribution in [1.82, 2.24) is 15.0 Å². The number of Topliss-reactive ketones (excluding diaryl/α,β-unsaturated/α-hetero) is 1. The molecule has 0 spiro atoms. The minimum atomic E-state index is -0.357. The van der Waals surface area contributed by atoms with Gasteiger partial charge >= 0.3 is 0 Å². The number of thioether (sulfide) groups is 1. The van der Waals surface area contributed by atoms with Crippen molar-refractivity contribution in [2.75, 3.05) is 0 Å². The van der Waals surface area contributed by atoms with Crippen molar-refractivity contribution in [2.45, 2.75) is 17.3 Å². The van der Waals surface area contributed by atoms with E-state index in [1.165, 1.54) is 23.1 Å².